The van der Waals surface area contributed by atoms with E-state index in [2.05, 4.69) is 19.9 Å². The molecule has 7 nitrogen and oxygen atoms in total. The summed E-state index contributed by atoms with van der Waals surface area (Å²) in [5.74, 6) is 1.44. The van der Waals surface area contributed by atoms with Crippen molar-refractivity contribution in [2.45, 2.75) is 4.21 Å². The fraction of sp³-hybridized carbons (Fsp3) is 0.167. The van der Waals surface area contributed by atoms with Crippen LogP contribution in [-0.4, -0.2) is 44.4 Å². The van der Waals surface area contributed by atoms with Crippen LogP contribution in [0.3, 0.4) is 0 Å². The third-order valence-corrected chi connectivity index (χ3v) is 6.20. The molecule has 4 aromatic heterocycles. The molecular weight excluding hydrogens is 380 g/mol. The molecule has 9 heteroatoms. The second-order valence-corrected chi connectivity index (χ2v) is 7.94. The number of nitrogens with two attached hydrogens (primary N) is 1. The van der Waals surface area contributed by atoms with E-state index >= 15 is 0 Å². The van der Waals surface area contributed by atoms with Gasteiger partial charge < -0.3 is 10.5 Å². The van der Waals surface area contributed by atoms with Gasteiger partial charge in [0.1, 0.15) is 11.2 Å². The van der Waals surface area contributed by atoms with Gasteiger partial charge in [-0.25, -0.2) is 24.9 Å². The third-order valence-electron chi connectivity index (χ3n) is 3.85. The SMILES string of the molecule is COCCSc1sc2nc(-c3cncnc3)cc(-c3ncccn3)c2c1N. The van der Waals surface area contributed by atoms with E-state index in [0.717, 1.165) is 37.0 Å². The Labute approximate surface area is 164 Å². The highest BCUT2D eigenvalue weighted by molar-refractivity contribution is 8.01. The first kappa shape index (κ1) is 17.8. The number of thiophene rings is 1. The highest BCUT2D eigenvalue weighted by atomic mass is 32.2. The molecule has 0 aromatic carbocycles. The maximum atomic E-state index is 6.48. The molecule has 0 radical (unpaired) electrons. The van der Waals surface area contributed by atoms with Gasteiger partial charge in [0.05, 0.1) is 22.2 Å². The van der Waals surface area contributed by atoms with Crippen molar-refractivity contribution in [3.63, 3.8) is 0 Å². The molecule has 0 aliphatic carbocycles. The van der Waals surface area contributed by atoms with E-state index in [1.54, 1.807) is 61.1 Å². The van der Waals surface area contributed by atoms with Crippen LogP contribution in [0, 0.1) is 0 Å². The van der Waals surface area contributed by atoms with Crippen molar-refractivity contribution in [3.05, 3.63) is 43.2 Å². The predicted octanol–water partition coefficient (Wildman–Crippen LogP) is 3.53. The Kier molecular flexibility index (Phi) is 5.23. The molecule has 136 valence electrons. The molecule has 0 aliphatic heterocycles. The van der Waals surface area contributed by atoms with Gasteiger partial charge in [-0.05, 0) is 12.1 Å². The minimum atomic E-state index is 0.612. The van der Waals surface area contributed by atoms with Crippen molar-refractivity contribution >= 4 is 39.0 Å². The molecule has 0 saturated carbocycles. The molecule has 4 aromatic rings. The molecule has 0 atom stereocenters. The summed E-state index contributed by atoms with van der Waals surface area (Å²) in [4.78, 5) is 22.7. The minimum absolute atomic E-state index is 0.612. The van der Waals surface area contributed by atoms with Crippen molar-refractivity contribution < 1.29 is 4.74 Å². The molecule has 0 spiro atoms. The van der Waals surface area contributed by atoms with Crippen molar-refractivity contribution in [2.75, 3.05) is 25.2 Å². The van der Waals surface area contributed by atoms with Crippen LogP contribution in [0.4, 0.5) is 5.69 Å². The lowest BCUT2D eigenvalue weighted by Crippen LogP contribution is -1.95. The summed E-state index contributed by atoms with van der Waals surface area (Å²) < 4.78 is 6.16. The smallest absolute Gasteiger partial charge is 0.159 e. The van der Waals surface area contributed by atoms with Crippen molar-refractivity contribution in [3.8, 4) is 22.6 Å². The van der Waals surface area contributed by atoms with Gasteiger partial charge in [0, 0.05) is 54.2 Å². The summed E-state index contributed by atoms with van der Waals surface area (Å²) in [5.41, 5.74) is 9.64. The van der Waals surface area contributed by atoms with E-state index in [-0.39, 0.29) is 0 Å². The monoisotopic (exact) mass is 396 g/mol. The Morgan fingerprint density at radius 3 is 2.70 bits per heavy atom. The zero-order chi connectivity index (χ0) is 18.6. The summed E-state index contributed by atoms with van der Waals surface area (Å²) >= 11 is 3.23. The van der Waals surface area contributed by atoms with Crippen molar-refractivity contribution in [1.82, 2.24) is 24.9 Å². The average molecular weight is 397 g/mol. The van der Waals surface area contributed by atoms with Gasteiger partial charge in [-0.2, -0.15) is 0 Å². The fourth-order valence-corrected chi connectivity index (χ4v) is 4.89. The van der Waals surface area contributed by atoms with E-state index in [4.69, 9.17) is 15.5 Å². The van der Waals surface area contributed by atoms with Crippen LogP contribution in [0.1, 0.15) is 0 Å². The number of thioether (sulfide) groups is 1. The molecular formula is C18H16N6OS2. The Bertz CT molecular complexity index is 1060. The van der Waals surface area contributed by atoms with Crippen molar-refractivity contribution in [1.29, 1.82) is 0 Å². The van der Waals surface area contributed by atoms with Crippen LogP contribution < -0.4 is 5.73 Å². The van der Waals surface area contributed by atoms with Crippen LogP contribution in [0.2, 0.25) is 0 Å². The lowest BCUT2D eigenvalue weighted by Gasteiger charge is -2.07. The molecule has 0 amide bonds. The number of aromatic nitrogens is 5. The normalized spacial score (nSPS) is 11.1. The number of hydrogen-bond donors (Lipinski definition) is 1. The zero-order valence-corrected chi connectivity index (χ0v) is 16.1. The number of rotatable bonds is 6. The van der Waals surface area contributed by atoms with Gasteiger partial charge in [0.2, 0.25) is 0 Å². The quantitative estimate of drug-likeness (QED) is 0.390. The van der Waals surface area contributed by atoms with Gasteiger partial charge in [-0.15, -0.1) is 23.1 Å². The van der Waals surface area contributed by atoms with Crippen LogP contribution in [0.25, 0.3) is 32.9 Å². The third kappa shape index (κ3) is 3.61. The Morgan fingerprint density at radius 2 is 1.96 bits per heavy atom. The minimum Gasteiger partial charge on any atom is -0.397 e. The van der Waals surface area contributed by atoms with Crippen LogP contribution in [0.15, 0.2) is 47.5 Å². The lowest BCUT2D eigenvalue weighted by molar-refractivity contribution is 0.218. The van der Waals surface area contributed by atoms with Gasteiger partial charge in [0.15, 0.2) is 5.82 Å². The number of ether oxygens (including phenoxy) is 1. The number of methoxy groups -OCH3 is 1. The van der Waals surface area contributed by atoms with Crippen molar-refractivity contribution in [2.24, 2.45) is 0 Å². The number of fused-ring (bicyclic) bond motifs is 1. The van der Waals surface area contributed by atoms with E-state index in [0.29, 0.717) is 18.1 Å². The van der Waals surface area contributed by atoms with E-state index < -0.39 is 0 Å². The van der Waals surface area contributed by atoms with Crippen LogP contribution in [0.5, 0.6) is 0 Å². The average Bonchev–Trinajstić information content (AvgIpc) is 3.04. The maximum absolute atomic E-state index is 6.48. The maximum Gasteiger partial charge on any atom is 0.159 e. The Hall–Kier alpha value is -2.62. The largest absolute Gasteiger partial charge is 0.397 e. The predicted molar refractivity (Wildman–Crippen MR) is 109 cm³/mol. The number of nitrogen functional groups attached to an aromatic ring is 1. The first-order valence-corrected chi connectivity index (χ1v) is 9.95. The lowest BCUT2D eigenvalue weighted by atomic mass is 10.1. The van der Waals surface area contributed by atoms with Crippen LogP contribution >= 0.6 is 23.1 Å². The van der Waals surface area contributed by atoms with Gasteiger partial charge >= 0.3 is 0 Å². The summed E-state index contributed by atoms with van der Waals surface area (Å²) in [6.45, 7) is 0.660. The van der Waals surface area contributed by atoms with E-state index in [1.807, 2.05) is 6.07 Å². The molecule has 4 heterocycles. The van der Waals surface area contributed by atoms with Gasteiger partial charge in [-0.1, -0.05) is 0 Å². The zero-order valence-electron chi connectivity index (χ0n) is 14.5. The standard InChI is InChI=1S/C18H16N6OS2/c1-25-5-6-26-18-15(19)14-12(16-22-3-2-4-23-16)7-13(24-17(14)27-18)11-8-20-10-21-9-11/h2-4,7-10H,5-6,19H2,1H3. The summed E-state index contributed by atoms with van der Waals surface area (Å²) in [7, 11) is 1.69. The first-order valence-electron chi connectivity index (χ1n) is 8.15. The molecule has 0 bridgehead atoms. The van der Waals surface area contributed by atoms with E-state index in [9.17, 15) is 0 Å². The highest BCUT2D eigenvalue weighted by Gasteiger charge is 2.19. The Morgan fingerprint density at radius 1 is 1.19 bits per heavy atom. The van der Waals surface area contributed by atoms with Crippen LogP contribution in [-0.2, 0) is 4.74 Å². The number of pyridine rings is 1. The molecule has 2 N–H and O–H groups in total. The molecule has 27 heavy (non-hydrogen) atoms. The molecule has 0 saturated heterocycles. The first-order chi connectivity index (χ1) is 13.3. The number of hydrogen-bond acceptors (Lipinski definition) is 9. The Balaban J connectivity index is 1.91. The fourth-order valence-electron chi connectivity index (χ4n) is 2.62. The molecule has 4 rings (SSSR count). The molecule has 0 fully saturated rings. The second-order valence-electron chi connectivity index (χ2n) is 5.58. The number of anilines is 1. The molecule has 0 unspecified atom stereocenters. The summed E-state index contributed by atoms with van der Waals surface area (Å²) in [6, 6.07) is 3.74. The van der Waals surface area contributed by atoms with Gasteiger partial charge in [-0.3, -0.25) is 0 Å². The van der Waals surface area contributed by atoms with Gasteiger partial charge in [0.25, 0.3) is 0 Å². The summed E-state index contributed by atoms with van der Waals surface area (Å²) in [5, 5.41) is 0.881. The molecule has 0 aliphatic rings. The van der Waals surface area contributed by atoms with E-state index in [1.165, 1.54) is 6.33 Å². The highest BCUT2D eigenvalue weighted by Crippen LogP contribution is 2.44. The topological polar surface area (TPSA) is 99.7 Å². The summed E-state index contributed by atoms with van der Waals surface area (Å²) in [6.07, 6.45) is 8.41. The number of nitrogens with zero attached hydrogens (tertiary/aromatic N) is 5. The second kappa shape index (κ2) is 7.95.